The number of hydrogen-bond donors (Lipinski definition) is 0. The van der Waals surface area contributed by atoms with Crippen LogP contribution in [-0.4, -0.2) is 62.6 Å². The Kier molecular flexibility index (Phi) is 6.23. The minimum absolute atomic E-state index is 0.0672. The molecule has 27 heavy (non-hydrogen) atoms. The third-order valence-corrected chi connectivity index (χ3v) is 7.84. The van der Waals surface area contributed by atoms with Crippen molar-refractivity contribution in [1.29, 1.82) is 0 Å². The number of sulfonamides is 1. The maximum atomic E-state index is 12.8. The number of likely N-dealkylation sites (tertiary alicyclic amines) is 1. The molecule has 3 rings (SSSR count). The molecule has 0 unspecified atom stereocenters. The van der Waals surface area contributed by atoms with E-state index in [4.69, 9.17) is 4.74 Å². The molecule has 150 valence electrons. The average molecular weight is 395 g/mol. The second kappa shape index (κ2) is 8.29. The van der Waals surface area contributed by atoms with Crippen molar-refractivity contribution in [3.63, 3.8) is 0 Å². The van der Waals surface area contributed by atoms with Crippen LogP contribution in [0.1, 0.15) is 36.9 Å². The first-order valence-electron chi connectivity index (χ1n) is 9.70. The van der Waals surface area contributed by atoms with Crippen molar-refractivity contribution in [2.75, 3.05) is 39.1 Å². The first-order valence-corrected chi connectivity index (χ1v) is 11.3. The van der Waals surface area contributed by atoms with Gasteiger partial charge in [-0.15, -0.1) is 0 Å². The fraction of sp³-hybridized carbons (Fsp3) is 0.650. The summed E-state index contributed by atoms with van der Waals surface area (Å²) < 4.78 is 31.9. The molecule has 1 aromatic carbocycles. The van der Waals surface area contributed by atoms with E-state index in [1.54, 1.807) is 11.4 Å². The van der Waals surface area contributed by atoms with Crippen LogP contribution in [0.5, 0.6) is 0 Å². The third kappa shape index (κ3) is 4.05. The summed E-state index contributed by atoms with van der Waals surface area (Å²) in [7, 11) is -1.61. The van der Waals surface area contributed by atoms with Gasteiger partial charge in [0, 0.05) is 32.7 Å². The van der Waals surface area contributed by atoms with Crippen molar-refractivity contribution in [2.24, 2.45) is 11.8 Å². The number of methoxy groups -OCH3 is 1. The van der Waals surface area contributed by atoms with Crippen molar-refractivity contribution >= 4 is 15.9 Å². The second-order valence-electron chi connectivity index (χ2n) is 7.65. The van der Waals surface area contributed by atoms with Gasteiger partial charge in [-0.3, -0.25) is 4.79 Å². The molecular weight excluding hydrogens is 364 g/mol. The van der Waals surface area contributed by atoms with Crippen LogP contribution in [0.2, 0.25) is 0 Å². The minimum Gasteiger partial charge on any atom is -0.384 e. The molecule has 2 saturated heterocycles. The quantitative estimate of drug-likeness (QED) is 0.711. The van der Waals surface area contributed by atoms with Gasteiger partial charge in [0.05, 0.1) is 24.8 Å². The fourth-order valence-electron chi connectivity index (χ4n) is 4.53. The highest BCUT2D eigenvalue weighted by Crippen LogP contribution is 2.46. The van der Waals surface area contributed by atoms with E-state index in [0.717, 1.165) is 11.1 Å². The number of benzene rings is 1. The van der Waals surface area contributed by atoms with Crippen LogP contribution in [0.4, 0.5) is 0 Å². The number of aryl methyl sites for hydroxylation is 1. The van der Waals surface area contributed by atoms with Gasteiger partial charge in [0.1, 0.15) is 0 Å². The molecule has 0 aromatic heterocycles. The van der Waals surface area contributed by atoms with E-state index in [0.29, 0.717) is 39.1 Å². The normalized spacial score (nSPS) is 25.7. The summed E-state index contributed by atoms with van der Waals surface area (Å²) in [4.78, 5) is 14.8. The second-order valence-corrected chi connectivity index (χ2v) is 9.74. The SMILES string of the molecule is CCCS(=O)(=O)N1C[C@H]2CN(C(=O)CCOC)[C@H](c3ccccc3C)[C@H]2C1. The lowest BCUT2D eigenvalue weighted by Crippen LogP contribution is -2.38. The summed E-state index contributed by atoms with van der Waals surface area (Å²) >= 11 is 0. The number of carbonyl (C=O) groups excluding carboxylic acids is 1. The highest BCUT2D eigenvalue weighted by atomic mass is 32.2. The number of rotatable bonds is 7. The molecule has 0 aliphatic carbocycles. The van der Waals surface area contributed by atoms with E-state index in [1.165, 1.54) is 0 Å². The Hall–Kier alpha value is -1.44. The molecule has 2 aliphatic rings. The molecule has 1 aromatic rings. The Morgan fingerprint density at radius 2 is 1.96 bits per heavy atom. The van der Waals surface area contributed by atoms with E-state index in [-0.39, 0.29) is 29.5 Å². The Morgan fingerprint density at radius 1 is 1.22 bits per heavy atom. The molecule has 0 saturated carbocycles. The van der Waals surface area contributed by atoms with Crippen LogP contribution < -0.4 is 0 Å². The van der Waals surface area contributed by atoms with E-state index >= 15 is 0 Å². The smallest absolute Gasteiger partial charge is 0.225 e. The summed E-state index contributed by atoms with van der Waals surface area (Å²) in [5, 5.41) is 0. The summed E-state index contributed by atoms with van der Waals surface area (Å²) in [5.74, 6) is 0.609. The maximum absolute atomic E-state index is 12.8. The summed E-state index contributed by atoms with van der Waals surface area (Å²) in [6.07, 6.45) is 0.979. The van der Waals surface area contributed by atoms with E-state index in [1.807, 2.05) is 24.0 Å². The van der Waals surface area contributed by atoms with E-state index < -0.39 is 10.0 Å². The van der Waals surface area contributed by atoms with Gasteiger partial charge in [0.15, 0.2) is 0 Å². The molecular formula is C20H30N2O4S. The highest BCUT2D eigenvalue weighted by molar-refractivity contribution is 7.89. The number of amides is 1. The summed E-state index contributed by atoms with van der Waals surface area (Å²) in [6.45, 7) is 5.98. The summed E-state index contributed by atoms with van der Waals surface area (Å²) in [6, 6.07) is 8.05. The van der Waals surface area contributed by atoms with Crippen molar-refractivity contribution in [1.82, 2.24) is 9.21 Å². The predicted molar refractivity (Wildman–Crippen MR) is 105 cm³/mol. The van der Waals surface area contributed by atoms with E-state index in [9.17, 15) is 13.2 Å². The monoisotopic (exact) mass is 394 g/mol. The van der Waals surface area contributed by atoms with Gasteiger partial charge in [-0.2, -0.15) is 0 Å². The maximum Gasteiger partial charge on any atom is 0.225 e. The van der Waals surface area contributed by atoms with Crippen LogP contribution in [0.15, 0.2) is 24.3 Å². The largest absolute Gasteiger partial charge is 0.384 e. The van der Waals surface area contributed by atoms with Crippen molar-refractivity contribution in [2.45, 2.75) is 32.7 Å². The summed E-state index contributed by atoms with van der Waals surface area (Å²) in [5.41, 5.74) is 2.27. The van der Waals surface area contributed by atoms with Gasteiger partial charge in [0.2, 0.25) is 15.9 Å². The Morgan fingerprint density at radius 3 is 2.63 bits per heavy atom. The molecule has 2 heterocycles. The zero-order chi connectivity index (χ0) is 19.6. The van der Waals surface area contributed by atoms with Gasteiger partial charge in [-0.05, 0) is 30.4 Å². The predicted octanol–water partition coefficient (Wildman–Crippen LogP) is 2.20. The van der Waals surface area contributed by atoms with Gasteiger partial charge in [0.25, 0.3) is 0 Å². The van der Waals surface area contributed by atoms with Crippen molar-refractivity contribution in [3.8, 4) is 0 Å². The molecule has 3 atom stereocenters. The third-order valence-electron chi connectivity index (χ3n) is 5.83. The minimum atomic E-state index is -3.21. The van der Waals surface area contributed by atoms with Gasteiger partial charge >= 0.3 is 0 Å². The van der Waals surface area contributed by atoms with Gasteiger partial charge < -0.3 is 9.64 Å². The first-order chi connectivity index (χ1) is 12.9. The number of carbonyl (C=O) groups is 1. The Balaban J connectivity index is 1.89. The zero-order valence-corrected chi connectivity index (χ0v) is 17.2. The van der Waals surface area contributed by atoms with Crippen molar-refractivity contribution < 1.29 is 17.9 Å². The molecule has 0 spiro atoms. The number of fused-ring (bicyclic) bond motifs is 1. The van der Waals surface area contributed by atoms with Crippen molar-refractivity contribution in [3.05, 3.63) is 35.4 Å². The van der Waals surface area contributed by atoms with Crippen LogP contribution >= 0.6 is 0 Å². The van der Waals surface area contributed by atoms with Gasteiger partial charge in [-0.1, -0.05) is 31.2 Å². The molecule has 2 fully saturated rings. The zero-order valence-electron chi connectivity index (χ0n) is 16.4. The lowest BCUT2D eigenvalue weighted by molar-refractivity contribution is -0.133. The van der Waals surface area contributed by atoms with E-state index in [2.05, 4.69) is 19.1 Å². The Bertz CT molecular complexity index is 780. The fourth-order valence-corrected chi connectivity index (χ4v) is 6.12. The molecule has 7 heteroatoms. The van der Waals surface area contributed by atoms with Crippen LogP contribution in [0.25, 0.3) is 0 Å². The standard InChI is InChI=1S/C20H30N2O4S/c1-4-11-27(24,25)21-12-16-13-22(19(23)9-10-26-3)20(18(16)14-21)17-8-6-5-7-15(17)2/h5-8,16,18,20H,4,9-14H2,1-3H3/t16-,18-,20+/m0/s1. The average Bonchev–Trinajstić information content (AvgIpc) is 3.19. The Labute approximate surface area is 162 Å². The molecule has 2 aliphatic heterocycles. The molecule has 0 bridgehead atoms. The van der Waals surface area contributed by atoms with Crippen LogP contribution in [0, 0.1) is 18.8 Å². The number of ether oxygens (including phenoxy) is 1. The lowest BCUT2D eigenvalue weighted by Gasteiger charge is -2.31. The van der Waals surface area contributed by atoms with Crippen LogP contribution in [-0.2, 0) is 19.6 Å². The lowest BCUT2D eigenvalue weighted by atomic mass is 9.87. The first kappa shape index (κ1) is 20.3. The molecule has 1 amide bonds. The highest BCUT2D eigenvalue weighted by Gasteiger charge is 2.51. The molecule has 0 radical (unpaired) electrons. The van der Waals surface area contributed by atoms with Gasteiger partial charge in [-0.25, -0.2) is 12.7 Å². The van der Waals surface area contributed by atoms with Crippen LogP contribution in [0.3, 0.4) is 0 Å². The molecule has 6 nitrogen and oxygen atoms in total. The molecule has 0 N–H and O–H groups in total. The number of hydrogen-bond acceptors (Lipinski definition) is 4. The number of nitrogens with zero attached hydrogens (tertiary/aromatic N) is 2. The topological polar surface area (TPSA) is 66.9 Å².